The van der Waals surface area contributed by atoms with Gasteiger partial charge in [0.2, 0.25) is 0 Å². The van der Waals surface area contributed by atoms with E-state index < -0.39 is 22.3 Å². The number of nitrogens with zero attached hydrogens (tertiary/aromatic N) is 1. The highest BCUT2D eigenvalue weighted by molar-refractivity contribution is 7.93. The maximum absolute atomic E-state index is 14.2. The number of hydrogen-bond donors (Lipinski definition) is 0. The summed E-state index contributed by atoms with van der Waals surface area (Å²) >= 11 is 0. The van der Waals surface area contributed by atoms with Crippen LogP contribution in [0.1, 0.15) is 0 Å². The van der Waals surface area contributed by atoms with Crippen molar-refractivity contribution in [2.24, 2.45) is 0 Å². The predicted molar refractivity (Wildman–Crippen MR) is 163 cm³/mol. The maximum atomic E-state index is 14.2. The second-order valence-electron chi connectivity index (χ2n) is 9.36. The molecule has 0 N–H and O–H groups in total. The number of anilines is 1. The minimum atomic E-state index is -4.51. The fourth-order valence-corrected chi connectivity index (χ4v) is 5.99. The lowest BCUT2D eigenvalue weighted by Gasteiger charge is -2.24. The molecule has 0 fully saturated rings. The Balaban J connectivity index is 1.44. The lowest BCUT2D eigenvalue weighted by Crippen LogP contribution is -2.39. The molecule has 0 aliphatic heterocycles. The van der Waals surface area contributed by atoms with Crippen molar-refractivity contribution >= 4 is 49.5 Å². The van der Waals surface area contributed by atoms with Crippen LogP contribution >= 0.6 is 0 Å². The molecule has 0 unspecified atom stereocenters. The summed E-state index contributed by atoms with van der Waals surface area (Å²) in [6, 6.07) is 38.0. The zero-order chi connectivity index (χ0) is 29.8. The minimum absolute atomic E-state index is 0.00784. The first-order valence-corrected chi connectivity index (χ1v) is 14.6. The summed E-state index contributed by atoms with van der Waals surface area (Å²) in [5.41, 5.74) is 0.00784. The number of sulfonamides is 1. The van der Waals surface area contributed by atoms with Crippen molar-refractivity contribution in [2.75, 3.05) is 4.31 Å². The first-order valence-electron chi connectivity index (χ1n) is 13.2. The van der Waals surface area contributed by atoms with Crippen LogP contribution in [0.4, 0.5) is 15.3 Å². The van der Waals surface area contributed by atoms with Crippen LogP contribution in [0.3, 0.4) is 0 Å². The number of amides is 1. The van der Waals surface area contributed by atoms with Gasteiger partial charge in [-0.1, -0.05) is 91.0 Å². The molecule has 0 radical (unpaired) electrons. The number of ether oxygens (including phenoxy) is 3. The largest absolute Gasteiger partial charge is 0.519 e. The number of rotatable bonds is 6. The summed E-state index contributed by atoms with van der Waals surface area (Å²) < 4.78 is 45.4. The average Bonchev–Trinajstić information content (AvgIpc) is 3.03. The highest BCUT2D eigenvalue weighted by atomic mass is 32.2. The molecule has 6 aromatic rings. The molecule has 0 spiro atoms. The van der Waals surface area contributed by atoms with Gasteiger partial charge in [-0.05, 0) is 59.3 Å². The van der Waals surface area contributed by atoms with E-state index in [9.17, 15) is 18.0 Å². The molecule has 1 amide bonds. The highest BCUT2D eigenvalue weighted by Crippen LogP contribution is 2.37. The number of hydrogen-bond acceptors (Lipinski definition) is 7. The summed E-state index contributed by atoms with van der Waals surface area (Å²) in [5, 5.41) is 2.22. The number of fused-ring (bicyclic) bond motifs is 2. The third-order valence-corrected chi connectivity index (χ3v) is 8.27. The van der Waals surface area contributed by atoms with E-state index in [1.165, 1.54) is 24.3 Å². The molecule has 0 aromatic heterocycles. The molecule has 8 nitrogen and oxygen atoms in total. The zero-order valence-corrected chi connectivity index (χ0v) is 23.3. The van der Waals surface area contributed by atoms with E-state index in [4.69, 9.17) is 14.2 Å². The molecule has 0 aliphatic carbocycles. The molecule has 0 saturated carbocycles. The second-order valence-corrected chi connectivity index (χ2v) is 11.1. The van der Waals surface area contributed by atoms with Crippen molar-refractivity contribution in [1.82, 2.24) is 0 Å². The maximum Gasteiger partial charge on any atom is 0.519 e. The Kier molecular flexibility index (Phi) is 7.46. The van der Waals surface area contributed by atoms with Crippen LogP contribution in [0, 0.1) is 0 Å². The summed E-state index contributed by atoms with van der Waals surface area (Å²) in [4.78, 5) is 26.2. The van der Waals surface area contributed by atoms with Crippen LogP contribution in [-0.2, 0) is 10.0 Å². The molecule has 0 atom stereocenters. The predicted octanol–water partition coefficient (Wildman–Crippen LogP) is 7.97. The van der Waals surface area contributed by atoms with Crippen molar-refractivity contribution in [2.45, 2.75) is 4.90 Å². The Morgan fingerprint density at radius 2 is 1.12 bits per heavy atom. The fourth-order valence-electron chi connectivity index (χ4n) is 4.61. The molecule has 6 rings (SSSR count). The molecular formula is C34H23NO7S. The molecule has 43 heavy (non-hydrogen) atoms. The van der Waals surface area contributed by atoms with Crippen LogP contribution in [-0.4, -0.2) is 20.7 Å². The van der Waals surface area contributed by atoms with E-state index in [1.54, 1.807) is 103 Å². The molecule has 0 bridgehead atoms. The van der Waals surface area contributed by atoms with Gasteiger partial charge in [-0.3, -0.25) is 0 Å². The van der Waals surface area contributed by atoms with E-state index >= 15 is 0 Å². The van der Waals surface area contributed by atoms with E-state index in [-0.39, 0.29) is 22.1 Å². The number of benzene rings is 6. The van der Waals surface area contributed by atoms with Gasteiger partial charge < -0.3 is 14.2 Å². The van der Waals surface area contributed by atoms with Gasteiger partial charge >= 0.3 is 12.2 Å². The number of para-hydroxylation sites is 2. The van der Waals surface area contributed by atoms with Gasteiger partial charge in [-0.25, -0.2) is 18.0 Å². The Morgan fingerprint density at radius 3 is 1.81 bits per heavy atom. The fraction of sp³-hybridized carbons (Fsp3) is 0. The van der Waals surface area contributed by atoms with E-state index in [0.717, 1.165) is 5.39 Å². The van der Waals surface area contributed by atoms with Gasteiger partial charge in [-0.2, -0.15) is 4.31 Å². The van der Waals surface area contributed by atoms with Crippen LogP contribution in [0.2, 0.25) is 0 Å². The van der Waals surface area contributed by atoms with Crippen LogP contribution in [0.15, 0.2) is 144 Å². The second kappa shape index (κ2) is 11.7. The Bertz CT molecular complexity index is 2060. The van der Waals surface area contributed by atoms with Gasteiger partial charge in [0.15, 0.2) is 0 Å². The van der Waals surface area contributed by atoms with Crippen LogP contribution in [0.5, 0.6) is 17.2 Å². The summed E-state index contributed by atoms with van der Waals surface area (Å²) in [7, 11) is -4.51. The Labute approximate surface area is 247 Å². The topological polar surface area (TPSA) is 99.2 Å². The molecular weight excluding hydrogens is 566 g/mol. The monoisotopic (exact) mass is 589 g/mol. The highest BCUT2D eigenvalue weighted by Gasteiger charge is 2.35. The summed E-state index contributed by atoms with van der Waals surface area (Å²) in [6.07, 6.45) is -2.12. The van der Waals surface area contributed by atoms with Gasteiger partial charge in [-0.15, -0.1) is 0 Å². The third-order valence-electron chi connectivity index (χ3n) is 6.59. The summed E-state index contributed by atoms with van der Waals surface area (Å²) in [6.45, 7) is 0. The lowest BCUT2D eigenvalue weighted by atomic mass is 10.1. The molecule has 212 valence electrons. The van der Waals surface area contributed by atoms with Crippen molar-refractivity contribution in [1.29, 1.82) is 0 Å². The van der Waals surface area contributed by atoms with E-state index in [0.29, 0.717) is 26.2 Å². The smallest absolute Gasteiger partial charge is 0.409 e. The first-order chi connectivity index (χ1) is 20.9. The zero-order valence-electron chi connectivity index (χ0n) is 22.5. The van der Waals surface area contributed by atoms with Crippen LogP contribution < -0.4 is 18.5 Å². The lowest BCUT2D eigenvalue weighted by molar-refractivity contribution is 0.152. The third kappa shape index (κ3) is 5.74. The van der Waals surface area contributed by atoms with Crippen molar-refractivity contribution in [3.05, 3.63) is 140 Å². The average molecular weight is 590 g/mol. The minimum Gasteiger partial charge on any atom is -0.409 e. The van der Waals surface area contributed by atoms with E-state index in [2.05, 4.69) is 0 Å². The van der Waals surface area contributed by atoms with Gasteiger partial charge in [0, 0.05) is 10.8 Å². The van der Waals surface area contributed by atoms with Crippen molar-refractivity contribution in [3.8, 4) is 17.2 Å². The van der Waals surface area contributed by atoms with Crippen molar-refractivity contribution in [3.63, 3.8) is 0 Å². The van der Waals surface area contributed by atoms with Gasteiger partial charge in [0.1, 0.15) is 17.2 Å². The molecule has 0 aliphatic rings. The molecule has 0 heterocycles. The van der Waals surface area contributed by atoms with Gasteiger partial charge in [0.05, 0.1) is 10.6 Å². The normalized spacial score (nSPS) is 11.2. The standard InChI is InChI=1S/C34H23NO7S/c36-33(40-26-13-3-1-4-14-26)35(43(38,39)28-20-19-24-11-7-8-12-25(24)23-28)31-21-22-32(30-18-10-9-17-29(30)31)42-34(37)41-27-15-5-2-6-16-27/h1-23H. The molecule has 6 aromatic carbocycles. The quantitative estimate of drug-likeness (QED) is 0.144. The van der Waals surface area contributed by atoms with Gasteiger partial charge in [0.25, 0.3) is 10.0 Å². The molecule has 0 saturated heterocycles. The van der Waals surface area contributed by atoms with Crippen molar-refractivity contribution < 1.29 is 32.2 Å². The number of carbonyl (C=O) groups is 2. The molecule has 9 heteroatoms. The first kappa shape index (κ1) is 27.5. The number of carbonyl (C=O) groups excluding carboxylic acids is 2. The Morgan fingerprint density at radius 1 is 0.535 bits per heavy atom. The summed E-state index contributed by atoms with van der Waals surface area (Å²) in [5.74, 6) is 0.573. The Hall–Kier alpha value is -5.67. The van der Waals surface area contributed by atoms with Crippen LogP contribution in [0.25, 0.3) is 21.5 Å². The van der Waals surface area contributed by atoms with E-state index in [1.807, 2.05) is 12.1 Å². The SMILES string of the molecule is O=C(Oc1ccccc1)Oc1ccc(N(C(=O)Oc2ccccc2)S(=O)(=O)c2ccc3ccccc3c2)c2ccccc12.